The summed E-state index contributed by atoms with van der Waals surface area (Å²) in [5, 5.41) is 18.2. The van der Waals surface area contributed by atoms with Crippen LogP contribution in [0.5, 0.6) is 0 Å². The molecule has 5 fully saturated rings. The van der Waals surface area contributed by atoms with Crippen LogP contribution in [-0.4, -0.2) is 104 Å². The molecule has 4 unspecified atom stereocenters. The smallest absolute Gasteiger partial charge is 0.246 e. The zero-order chi connectivity index (χ0) is 34.9. The lowest BCUT2D eigenvalue weighted by Gasteiger charge is -2.65. The van der Waals surface area contributed by atoms with Crippen LogP contribution >= 0.6 is 0 Å². The SMILES string of the molecule is C=CC(=O)N1CCN(C2(C3CCCCCCC3)NC(OC[C@H]3CCCN3C)NC3C[C@]4(CCC32)Cc2ccc(F)cc2N(C)C4)C[C@H]1CC#N. The van der Waals surface area contributed by atoms with E-state index >= 15 is 0 Å². The number of likely N-dealkylation sites (N-methyl/N-ethyl adjacent to an activating group) is 1. The van der Waals surface area contributed by atoms with E-state index in [4.69, 9.17) is 4.74 Å². The topological polar surface area (TPSA) is 87.1 Å². The Kier molecular flexibility index (Phi) is 10.9. The number of halogens is 1. The van der Waals surface area contributed by atoms with Crippen LogP contribution in [0.3, 0.4) is 0 Å². The van der Waals surface area contributed by atoms with Gasteiger partial charge in [0.1, 0.15) is 5.82 Å². The van der Waals surface area contributed by atoms with Crippen LogP contribution < -0.4 is 15.5 Å². The van der Waals surface area contributed by atoms with Crippen LogP contribution in [-0.2, 0) is 16.0 Å². The number of nitriles is 1. The van der Waals surface area contributed by atoms with E-state index in [1.54, 1.807) is 12.1 Å². The highest BCUT2D eigenvalue weighted by atomic mass is 19.1. The second-order valence-electron chi connectivity index (χ2n) is 16.6. The molecule has 50 heavy (non-hydrogen) atoms. The fourth-order valence-electron chi connectivity index (χ4n) is 11.3. The number of rotatable bonds is 7. The Labute approximate surface area is 299 Å². The predicted molar refractivity (Wildman–Crippen MR) is 195 cm³/mol. The summed E-state index contributed by atoms with van der Waals surface area (Å²) in [5.41, 5.74) is 2.04. The molecule has 4 heterocycles. The number of hydrogen-bond acceptors (Lipinski definition) is 8. The highest BCUT2D eigenvalue weighted by Gasteiger charge is 2.60. The van der Waals surface area contributed by atoms with Gasteiger partial charge in [-0.15, -0.1) is 0 Å². The van der Waals surface area contributed by atoms with Gasteiger partial charge in [0.05, 0.1) is 30.8 Å². The summed E-state index contributed by atoms with van der Waals surface area (Å²) in [7, 11) is 4.34. The van der Waals surface area contributed by atoms with E-state index in [2.05, 4.69) is 52.1 Å². The maximum Gasteiger partial charge on any atom is 0.246 e. The normalized spacial score (nSPS) is 35.9. The monoisotopic (exact) mass is 689 g/mol. The average Bonchev–Trinajstić information content (AvgIpc) is 3.51. The summed E-state index contributed by atoms with van der Waals surface area (Å²) in [4.78, 5) is 22.3. The summed E-state index contributed by atoms with van der Waals surface area (Å²) in [5.74, 6) is 0.533. The lowest BCUT2D eigenvalue weighted by molar-refractivity contribution is -0.187. The number of nitrogens with zero attached hydrogens (tertiary/aromatic N) is 5. The first-order valence-corrected chi connectivity index (χ1v) is 19.7. The van der Waals surface area contributed by atoms with E-state index in [0.29, 0.717) is 44.0 Å². The highest BCUT2D eigenvalue weighted by Crippen LogP contribution is 2.53. The summed E-state index contributed by atoms with van der Waals surface area (Å²) < 4.78 is 21.2. The highest BCUT2D eigenvalue weighted by molar-refractivity contribution is 5.87. The Hall–Kier alpha value is -2.55. The number of carbonyl (C=O) groups is 1. The molecule has 10 heteroatoms. The maximum absolute atomic E-state index is 14.3. The van der Waals surface area contributed by atoms with E-state index in [0.717, 1.165) is 57.4 Å². The van der Waals surface area contributed by atoms with Crippen molar-refractivity contribution < 1.29 is 13.9 Å². The van der Waals surface area contributed by atoms with Crippen molar-refractivity contribution in [1.29, 1.82) is 5.26 Å². The molecule has 0 radical (unpaired) electrons. The molecule has 1 aromatic carbocycles. The van der Waals surface area contributed by atoms with Gasteiger partial charge in [-0.25, -0.2) is 4.39 Å². The van der Waals surface area contributed by atoms with Crippen molar-refractivity contribution in [1.82, 2.24) is 25.3 Å². The van der Waals surface area contributed by atoms with Crippen LogP contribution in [0, 0.1) is 34.4 Å². The maximum atomic E-state index is 14.3. The van der Waals surface area contributed by atoms with Crippen molar-refractivity contribution in [3.63, 3.8) is 0 Å². The summed E-state index contributed by atoms with van der Waals surface area (Å²) in [6, 6.07) is 8.22. The minimum atomic E-state index is -0.320. The van der Waals surface area contributed by atoms with E-state index in [-0.39, 0.29) is 41.2 Å². The van der Waals surface area contributed by atoms with E-state index < -0.39 is 0 Å². The van der Waals surface area contributed by atoms with E-state index in [1.807, 2.05) is 11.0 Å². The van der Waals surface area contributed by atoms with Gasteiger partial charge in [0, 0.05) is 56.9 Å². The molecule has 7 atom stereocenters. The fourth-order valence-corrected chi connectivity index (χ4v) is 11.3. The molecule has 2 aliphatic carbocycles. The van der Waals surface area contributed by atoms with Gasteiger partial charge in [0.2, 0.25) is 5.91 Å². The van der Waals surface area contributed by atoms with Gasteiger partial charge in [0.15, 0.2) is 6.35 Å². The Balaban J connectivity index is 1.25. The van der Waals surface area contributed by atoms with Crippen molar-refractivity contribution in [3.05, 3.63) is 42.2 Å². The van der Waals surface area contributed by atoms with Crippen LogP contribution in [0.2, 0.25) is 0 Å². The second-order valence-corrected chi connectivity index (χ2v) is 16.6. The quantitative estimate of drug-likeness (QED) is 0.377. The molecule has 2 N–H and O–H groups in total. The molecule has 1 aromatic rings. The lowest BCUT2D eigenvalue weighted by Crippen LogP contribution is -2.81. The first-order valence-electron chi connectivity index (χ1n) is 19.7. The number of benzene rings is 1. The minimum absolute atomic E-state index is 0.0795. The van der Waals surface area contributed by atoms with E-state index in [1.165, 1.54) is 63.0 Å². The second kappa shape index (κ2) is 15.2. The molecule has 274 valence electrons. The number of ether oxygens (including phenoxy) is 1. The van der Waals surface area contributed by atoms with Gasteiger partial charge in [0.25, 0.3) is 0 Å². The third-order valence-corrected chi connectivity index (χ3v) is 13.7. The van der Waals surface area contributed by atoms with Gasteiger partial charge in [-0.1, -0.05) is 44.7 Å². The molecule has 3 saturated heterocycles. The Bertz CT molecular complexity index is 1410. The number of amides is 1. The summed E-state index contributed by atoms with van der Waals surface area (Å²) in [6.07, 6.45) is 16.7. The van der Waals surface area contributed by atoms with Crippen LogP contribution in [0.15, 0.2) is 30.9 Å². The lowest BCUT2D eigenvalue weighted by atomic mass is 9.58. The molecule has 1 spiro atoms. The van der Waals surface area contributed by atoms with Gasteiger partial charge in [-0.2, -0.15) is 5.26 Å². The van der Waals surface area contributed by atoms with Gasteiger partial charge in [-0.05, 0) is 100 Å². The molecule has 0 bridgehead atoms. The standard InChI is InChI=1S/C40H60FN7O2/c1-4-37(49)48-22-21-47(26-32(48)17-19-42)40(30-11-8-6-5-7-9-12-30)34-16-18-39(24-29-14-15-31(41)23-36(29)46(3)28-39)25-35(34)43-38(44-40)50-27-33-13-10-20-45(33)2/h4,14-15,23,30,32-35,38,43-44H,1,5-13,16-18,20-22,24-28H2,2-3H3/t32-,33-,34?,35?,38?,39+,40?/m1/s1. The van der Waals surface area contributed by atoms with Gasteiger partial charge in [-0.3, -0.25) is 20.3 Å². The van der Waals surface area contributed by atoms with Crippen molar-refractivity contribution >= 4 is 11.6 Å². The predicted octanol–water partition coefficient (Wildman–Crippen LogP) is 5.23. The molecule has 4 aliphatic heterocycles. The first kappa shape index (κ1) is 35.8. The molecule has 7 rings (SSSR count). The number of piperazine rings is 1. The molecular formula is C40H60FN7O2. The summed E-state index contributed by atoms with van der Waals surface area (Å²) >= 11 is 0. The molecule has 2 saturated carbocycles. The van der Waals surface area contributed by atoms with Crippen molar-refractivity contribution in [3.8, 4) is 6.07 Å². The zero-order valence-electron chi connectivity index (χ0n) is 30.6. The number of anilines is 1. The number of fused-ring (bicyclic) bond motifs is 2. The van der Waals surface area contributed by atoms with Gasteiger partial charge >= 0.3 is 0 Å². The van der Waals surface area contributed by atoms with Gasteiger partial charge < -0.3 is 19.4 Å². The van der Waals surface area contributed by atoms with Crippen LogP contribution in [0.1, 0.15) is 89.0 Å². The molecule has 6 aliphatic rings. The first-order chi connectivity index (χ1) is 24.2. The molecular weight excluding hydrogens is 629 g/mol. The van der Waals surface area contributed by atoms with Crippen molar-refractivity contribution in [2.45, 2.75) is 120 Å². The molecule has 0 aromatic heterocycles. The third-order valence-electron chi connectivity index (χ3n) is 13.7. The van der Waals surface area contributed by atoms with Crippen molar-refractivity contribution in [2.75, 3.05) is 58.3 Å². The van der Waals surface area contributed by atoms with Crippen LogP contribution in [0.25, 0.3) is 0 Å². The number of hydrogen-bond donors (Lipinski definition) is 2. The van der Waals surface area contributed by atoms with Crippen LogP contribution in [0.4, 0.5) is 10.1 Å². The Morgan fingerprint density at radius 1 is 1.08 bits per heavy atom. The Morgan fingerprint density at radius 2 is 1.88 bits per heavy atom. The molecule has 9 nitrogen and oxygen atoms in total. The van der Waals surface area contributed by atoms with E-state index in [9.17, 15) is 14.4 Å². The zero-order valence-corrected chi connectivity index (χ0v) is 30.6. The largest absolute Gasteiger partial charge is 0.374 e. The summed E-state index contributed by atoms with van der Waals surface area (Å²) in [6.45, 7) is 8.53. The third kappa shape index (κ3) is 6.98. The molecule has 1 amide bonds. The number of carbonyl (C=O) groups excluding carboxylic acids is 1. The van der Waals surface area contributed by atoms with Crippen molar-refractivity contribution in [2.24, 2.45) is 17.3 Å². The minimum Gasteiger partial charge on any atom is -0.374 e. The Morgan fingerprint density at radius 3 is 2.62 bits per heavy atom. The number of nitrogens with one attached hydrogen (secondary N) is 2. The number of likely N-dealkylation sites (tertiary alicyclic amines) is 1. The fraction of sp³-hybridized carbons (Fsp3) is 0.750. The average molecular weight is 690 g/mol.